The molecule has 0 amide bonds. The maximum atomic E-state index is 12.5. The lowest BCUT2D eigenvalue weighted by molar-refractivity contribution is -0.140. The van der Waals surface area contributed by atoms with Crippen LogP contribution in [0.5, 0.6) is 0 Å². The zero-order chi connectivity index (χ0) is 13.3. The number of imidazole rings is 1. The Kier molecular flexibility index (Phi) is 2.85. The van der Waals surface area contributed by atoms with Crippen molar-refractivity contribution in [2.24, 2.45) is 7.05 Å². The Hall–Kier alpha value is -2.25. The van der Waals surface area contributed by atoms with Crippen molar-refractivity contribution >= 4 is 6.29 Å². The summed E-state index contributed by atoms with van der Waals surface area (Å²) in [6.45, 7) is 0. The van der Waals surface area contributed by atoms with Crippen LogP contribution in [0, 0.1) is 0 Å². The first-order valence-electron chi connectivity index (χ1n) is 4.80. The summed E-state index contributed by atoms with van der Waals surface area (Å²) in [4.78, 5) is 21.4. The van der Waals surface area contributed by atoms with Gasteiger partial charge in [-0.15, -0.1) is 0 Å². The van der Waals surface area contributed by atoms with Crippen LogP contribution in [0.3, 0.4) is 0 Å². The van der Waals surface area contributed by atoms with Gasteiger partial charge in [-0.25, -0.2) is 15.0 Å². The van der Waals surface area contributed by atoms with E-state index in [9.17, 15) is 18.0 Å². The highest BCUT2D eigenvalue weighted by molar-refractivity contribution is 5.71. The summed E-state index contributed by atoms with van der Waals surface area (Å²) >= 11 is 0. The van der Waals surface area contributed by atoms with Gasteiger partial charge in [0.1, 0.15) is 11.4 Å². The number of rotatable bonds is 2. The molecule has 0 N–H and O–H groups in total. The minimum Gasteiger partial charge on any atom is -0.332 e. The van der Waals surface area contributed by atoms with Gasteiger partial charge in [0.05, 0.1) is 12.4 Å². The highest BCUT2D eigenvalue weighted by atomic mass is 19.4. The van der Waals surface area contributed by atoms with Gasteiger partial charge in [-0.05, 0) is 0 Å². The molecule has 0 atom stereocenters. The smallest absolute Gasteiger partial charge is 0.332 e. The maximum Gasteiger partial charge on any atom is 0.434 e. The molecule has 0 saturated heterocycles. The van der Waals surface area contributed by atoms with Crippen LogP contribution in [-0.4, -0.2) is 25.8 Å². The van der Waals surface area contributed by atoms with E-state index in [2.05, 4.69) is 15.0 Å². The summed E-state index contributed by atoms with van der Waals surface area (Å²) in [5.74, 6) is 0.0345. The summed E-state index contributed by atoms with van der Waals surface area (Å²) in [5.41, 5.74) is -0.733. The van der Waals surface area contributed by atoms with E-state index in [0.29, 0.717) is 6.29 Å². The van der Waals surface area contributed by atoms with Gasteiger partial charge in [0.25, 0.3) is 0 Å². The molecule has 2 aromatic heterocycles. The molecule has 8 heteroatoms. The Labute approximate surface area is 99.3 Å². The molecule has 18 heavy (non-hydrogen) atoms. The molecule has 0 fully saturated rings. The summed E-state index contributed by atoms with van der Waals surface area (Å²) < 4.78 is 38.6. The molecule has 0 spiro atoms. The van der Waals surface area contributed by atoms with Crippen LogP contribution in [0.25, 0.3) is 11.5 Å². The lowest BCUT2D eigenvalue weighted by Crippen LogP contribution is -2.05. The second-order valence-electron chi connectivity index (χ2n) is 3.50. The first-order chi connectivity index (χ1) is 8.41. The molecule has 2 rings (SSSR count). The van der Waals surface area contributed by atoms with Gasteiger partial charge in [0, 0.05) is 13.2 Å². The third-order valence-corrected chi connectivity index (χ3v) is 2.19. The van der Waals surface area contributed by atoms with Crippen molar-refractivity contribution < 1.29 is 18.0 Å². The fraction of sp³-hybridized carbons (Fsp3) is 0.200. The molecule has 0 aromatic carbocycles. The highest BCUT2D eigenvalue weighted by Crippen LogP contribution is 2.29. The normalized spacial score (nSPS) is 11.6. The molecule has 0 aliphatic rings. The van der Waals surface area contributed by atoms with Crippen LogP contribution < -0.4 is 0 Å². The third kappa shape index (κ3) is 2.22. The molecular weight excluding hydrogens is 249 g/mol. The van der Waals surface area contributed by atoms with Gasteiger partial charge in [-0.2, -0.15) is 13.2 Å². The van der Waals surface area contributed by atoms with Gasteiger partial charge >= 0.3 is 6.18 Å². The zero-order valence-electron chi connectivity index (χ0n) is 9.14. The summed E-state index contributed by atoms with van der Waals surface area (Å²) in [7, 11) is 1.42. The van der Waals surface area contributed by atoms with Gasteiger partial charge in [-0.3, -0.25) is 4.79 Å². The van der Waals surface area contributed by atoms with E-state index in [1.807, 2.05) is 0 Å². The second-order valence-corrected chi connectivity index (χ2v) is 3.50. The Morgan fingerprint density at radius 3 is 2.44 bits per heavy atom. The maximum absolute atomic E-state index is 12.5. The van der Waals surface area contributed by atoms with Crippen LogP contribution in [0.1, 0.15) is 16.2 Å². The van der Waals surface area contributed by atoms with E-state index in [-0.39, 0.29) is 17.2 Å². The highest BCUT2D eigenvalue weighted by Gasteiger charge is 2.34. The molecule has 0 aliphatic carbocycles. The summed E-state index contributed by atoms with van der Waals surface area (Å²) in [6.07, 6.45) is -0.774. The quantitative estimate of drug-likeness (QED) is 0.767. The Morgan fingerprint density at radius 1 is 1.28 bits per heavy atom. The standard InChI is InChI=1S/C10H7F3N4O/c1-17-4-8(10(11,12)13)16-9(17)7-3-14-6(5-18)2-15-7/h2-5H,1H3. The van der Waals surface area contributed by atoms with Crippen LogP contribution in [0.4, 0.5) is 13.2 Å². The first-order valence-corrected chi connectivity index (χ1v) is 4.80. The molecule has 0 radical (unpaired) electrons. The van der Waals surface area contributed by atoms with Gasteiger partial charge in [-0.1, -0.05) is 0 Å². The van der Waals surface area contributed by atoms with Crippen molar-refractivity contribution in [3.63, 3.8) is 0 Å². The van der Waals surface area contributed by atoms with Crippen molar-refractivity contribution in [1.29, 1.82) is 0 Å². The minimum absolute atomic E-state index is 0.0345. The number of aryl methyl sites for hydroxylation is 1. The van der Waals surface area contributed by atoms with E-state index in [0.717, 1.165) is 6.20 Å². The van der Waals surface area contributed by atoms with Gasteiger partial charge in [0.15, 0.2) is 17.8 Å². The average Bonchev–Trinajstić information content (AvgIpc) is 2.71. The van der Waals surface area contributed by atoms with E-state index in [1.54, 1.807) is 0 Å². The molecule has 0 bridgehead atoms. The van der Waals surface area contributed by atoms with Crippen molar-refractivity contribution in [3.8, 4) is 11.5 Å². The Bertz CT molecular complexity index is 574. The molecule has 0 saturated carbocycles. The van der Waals surface area contributed by atoms with E-state index < -0.39 is 11.9 Å². The van der Waals surface area contributed by atoms with Crippen molar-refractivity contribution in [1.82, 2.24) is 19.5 Å². The number of halogens is 3. The molecular formula is C10H7F3N4O. The second kappa shape index (κ2) is 4.21. The van der Waals surface area contributed by atoms with Crippen molar-refractivity contribution in [2.75, 3.05) is 0 Å². The molecule has 2 aromatic rings. The SMILES string of the molecule is Cn1cc(C(F)(F)F)nc1-c1cnc(C=O)cn1. The van der Waals surface area contributed by atoms with Crippen LogP contribution in [0.15, 0.2) is 18.6 Å². The lowest BCUT2D eigenvalue weighted by Gasteiger charge is -2.00. The van der Waals surface area contributed by atoms with Crippen LogP contribution in [0.2, 0.25) is 0 Å². The van der Waals surface area contributed by atoms with Gasteiger partial charge < -0.3 is 4.57 Å². The predicted molar refractivity (Wildman–Crippen MR) is 54.6 cm³/mol. The summed E-state index contributed by atoms with van der Waals surface area (Å²) in [6, 6.07) is 0. The van der Waals surface area contributed by atoms with Crippen molar-refractivity contribution in [2.45, 2.75) is 6.18 Å². The molecule has 2 heterocycles. The third-order valence-electron chi connectivity index (χ3n) is 2.19. The number of aromatic nitrogens is 4. The number of alkyl halides is 3. The summed E-state index contributed by atoms with van der Waals surface area (Å²) in [5, 5.41) is 0. The zero-order valence-corrected chi connectivity index (χ0v) is 9.14. The number of carbonyl (C=O) groups is 1. The minimum atomic E-state index is -4.51. The predicted octanol–water partition coefficient (Wildman–Crippen LogP) is 1.71. The number of nitrogens with zero attached hydrogens (tertiary/aromatic N) is 4. The van der Waals surface area contributed by atoms with Crippen LogP contribution >= 0.6 is 0 Å². The number of aldehydes is 1. The number of carbonyl (C=O) groups excluding carboxylic acids is 1. The number of hydrogen-bond acceptors (Lipinski definition) is 4. The van der Waals surface area contributed by atoms with E-state index >= 15 is 0 Å². The monoisotopic (exact) mass is 256 g/mol. The van der Waals surface area contributed by atoms with E-state index in [4.69, 9.17) is 0 Å². The molecule has 0 aliphatic heterocycles. The van der Waals surface area contributed by atoms with Crippen LogP contribution in [-0.2, 0) is 13.2 Å². The topological polar surface area (TPSA) is 60.7 Å². The molecule has 94 valence electrons. The fourth-order valence-electron chi connectivity index (χ4n) is 1.36. The van der Waals surface area contributed by atoms with Gasteiger partial charge in [0.2, 0.25) is 0 Å². The molecule has 0 unspecified atom stereocenters. The average molecular weight is 256 g/mol. The van der Waals surface area contributed by atoms with Crippen molar-refractivity contribution in [3.05, 3.63) is 30.0 Å². The largest absolute Gasteiger partial charge is 0.434 e. The lowest BCUT2D eigenvalue weighted by atomic mass is 10.4. The van der Waals surface area contributed by atoms with E-state index in [1.165, 1.54) is 24.0 Å². The Morgan fingerprint density at radius 2 is 2.00 bits per heavy atom. The Balaban J connectivity index is 2.44. The fourth-order valence-corrected chi connectivity index (χ4v) is 1.36. The number of hydrogen-bond donors (Lipinski definition) is 0. The molecule has 5 nitrogen and oxygen atoms in total. The first kappa shape index (κ1) is 12.2.